The lowest BCUT2D eigenvalue weighted by Crippen LogP contribution is -2.18. The first-order chi connectivity index (χ1) is 8.20. The van der Waals surface area contributed by atoms with Gasteiger partial charge >= 0.3 is 0 Å². The highest BCUT2D eigenvalue weighted by atomic mass is 32.1. The number of hydrogen-bond acceptors (Lipinski definition) is 3. The second kappa shape index (κ2) is 5.47. The largest absolute Gasteiger partial charge is 0.309 e. The van der Waals surface area contributed by atoms with Gasteiger partial charge in [-0.15, -0.1) is 11.3 Å². The van der Waals surface area contributed by atoms with Gasteiger partial charge in [0.05, 0.1) is 4.88 Å². The highest BCUT2D eigenvalue weighted by Gasteiger charge is 2.10. The van der Waals surface area contributed by atoms with Crippen LogP contribution in [0, 0.1) is 0 Å². The highest BCUT2D eigenvalue weighted by molar-refractivity contribution is 7.15. The van der Waals surface area contributed by atoms with E-state index in [2.05, 4.69) is 42.5 Å². The molecule has 2 aromatic rings. The summed E-state index contributed by atoms with van der Waals surface area (Å²) >= 11 is 1.82. The Morgan fingerprint density at radius 2 is 2.24 bits per heavy atom. The van der Waals surface area contributed by atoms with Crippen LogP contribution in [0.3, 0.4) is 0 Å². The van der Waals surface area contributed by atoms with Gasteiger partial charge in [0.2, 0.25) is 0 Å². The molecule has 0 bridgehead atoms. The van der Waals surface area contributed by atoms with E-state index in [0.29, 0.717) is 6.04 Å². The number of aromatic nitrogens is 2. The Morgan fingerprint density at radius 3 is 2.88 bits per heavy atom. The molecule has 2 rings (SSSR count). The zero-order valence-corrected chi connectivity index (χ0v) is 11.4. The molecule has 17 heavy (non-hydrogen) atoms. The molecular formula is C13H19N3S. The summed E-state index contributed by atoms with van der Waals surface area (Å²) in [7, 11) is 1.95. The van der Waals surface area contributed by atoms with Crippen LogP contribution >= 0.6 is 11.3 Å². The summed E-state index contributed by atoms with van der Waals surface area (Å²) < 4.78 is 1.84. The minimum atomic E-state index is 0.428. The Labute approximate surface area is 106 Å². The Morgan fingerprint density at radius 1 is 1.41 bits per heavy atom. The molecule has 0 fully saturated rings. The lowest BCUT2D eigenvalue weighted by Gasteiger charge is -2.10. The van der Waals surface area contributed by atoms with Gasteiger partial charge in [0.15, 0.2) is 0 Å². The summed E-state index contributed by atoms with van der Waals surface area (Å²) in [4.78, 5) is 2.62. The molecule has 0 saturated heterocycles. The monoisotopic (exact) mass is 249 g/mol. The van der Waals surface area contributed by atoms with Crippen LogP contribution in [-0.4, -0.2) is 16.3 Å². The van der Waals surface area contributed by atoms with E-state index in [-0.39, 0.29) is 0 Å². The van der Waals surface area contributed by atoms with E-state index in [1.807, 2.05) is 29.3 Å². The van der Waals surface area contributed by atoms with E-state index in [9.17, 15) is 0 Å². The molecule has 1 atom stereocenters. The quantitative estimate of drug-likeness (QED) is 0.882. The van der Waals surface area contributed by atoms with E-state index in [0.717, 1.165) is 12.2 Å². The van der Waals surface area contributed by atoms with Gasteiger partial charge in [-0.2, -0.15) is 5.10 Å². The van der Waals surface area contributed by atoms with Crippen LogP contribution < -0.4 is 5.32 Å². The van der Waals surface area contributed by atoms with E-state index >= 15 is 0 Å². The van der Waals surface area contributed by atoms with Crippen LogP contribution in [0.4, 0.5) is 0 Å². The van der Waals surface area contributed by atoms with Crippen molar-refractivity contribution in [2.75, 3.05) is 6.54 Å². The van der Waals surface area contributed by atoms with Crippen molar-refractivity contribution in [2.24, 2.45) is 7.05 Å². The van der Waals surface area contributed by atoms with Crippen molar-refractivity contribution in [3.8, 4) is 10.6 Å². The van der Waals surface area contributed by atoms with Gasteiger partial charge in [0.1, 0.15) is 5.69 Å². The molecule has 2 aromatic heterocycles. The van der Waals surface area contributed by atoms with Gasteiger partial charge in [0.25, 0.3) is 0 Å². The molecule has 0 aliphatic rings. The molecule has 3 nitrogen and oxygen atoms in total. The van der Waals surface area contributed by atoms with Crippen LogP contribution in [0.2, 0.25) is 0 Å². The van der Waals surface area contributed by atoms with Gasteiger partial charge in [0, 0.05) is 24.2 Å². The number of nitrogens with one attached hydrogen (secondary N) is 1. The Balaban J connectivity index is 2.10. The van der Waals surface area contributed by atoms with Gasteiger partial charge in [-0.1, -0.05) is 6.92 Å². The summed E-state index contributed by atoms with van der Waals surface area (Å²) in [6.07, 6.45) is 3.15. The van der Waals surface area contributed by atoms with Crippen molar-refractivity contribution < 1.29 is 0 Å². The summed E-state index contributed by atoms with van der Waals surface area (Å²) in [5.74, 6) is 0. The average molecular weight is 249 g/mol. The van der Waals surface area contributed by atoms with Crippen molar-refractivity contribution >= 4 is 11.3 Å². The zero-order chi connectivity index (χ0) is 12.3. The number of nitrogens with zero attached hydrogens (tertiary/aromatic N) is 2. The molecule has 0 radical (unpaired) electrons. The first-order valence-corrected chi connectivity index (χ1v) is 6.85. The maximum Gasteiger partial charge on any atom is 0.102 e. The van der Waals surface area contributed by atoms with Crippen molar-refractivity contribution in [1.29, 1.82) is 0 Å². The summed E-state index contributed by atoms with van der Waals surface area (Å²) in [6.45, 7) is 5.47. The molecule has 0 aliphatic carbocycles. The van der Waals surface area contributed by atoms with E-state index in [1.54, 1.807) is 0 Å². The van der Waals surface area contributed by atoms with Crippen LogP contribution in [0.5, 0.6) is 0 Å². The molecule has 1 N–H and O–H groups in total. The van der Waals surface area contributed by atoms with Crippen LogP contribution in [0.1, 0.15) is 31.2 Å². The fraction of sp³-hybridized carbons (Fsp3) is 0.462. The number of rotatable bonds is 5. The third-order valence-corrected chi connectivity index (χ3v) is 4.01. The molecule has 0 amide bonds. The third kappa shape index (κ3) is 2.96. The first kappa shape index (κ1) is 12.3. The fourth-order valence-corrected chi connectivity index (χ4v) is 2.73. The van der Waals surface area contributed by atoms with Crippen molar-refractivity contribution in [3.63, 3.8) is 0 Å². The molecule has 4 heteroatoms. The number of thiophene rings is 1. The Bertz CT molecular complexity index is 472. The zero-order valence-electron chi connectivity index (χ0n) is 10.6. The minimum Gasteiger partial charge on any atom is -0.309 e. The SMILES string of the molecule is CCCNC(C)c1ccc(-c2ccn(C)n2)s1. The van der Waals surface area contributed by atoms with E-state index < -0.39 is 0 Å². The topological polar surface area (TPSA) is 29.9 Å². The lowest BCUT2D eigenvalue weighted by molar-refractivity contribution is 0.578. The lowest BCUT2D eigenvalue weighted by atomic mass is 10.2. The van der Waals surface area contributed by atoms with Crippen molar-refractivity contribution in [1.82, 2.24) is 15.1 Å². The van der Waals surface area contributed by atoms with Crippen LogP contribution in [0.15, 0.2) is 24.4 Å². The number of hydrogen-bond donors (Lipinski definition) is 1. The molecule has 2 heterocycles. The maximum atomic E-state index is 4.42. The van der Waals surface area contributed by atoms with Crippen LogP contribution in [0.25, 0.3) is 10.6 Å². The molecule has 0 aromatic carbocycles. The second-order valence-corrected chi connectivity index (χ2v) is 5.37. The van der Waals surface area contributed by atoms with E-state index in [1.165, 1.54) is 16.2 Å². The standard InChI is InChI=1S/C13H19N3S/c1-4-8-14-10(2)12-5-6-13(17-12)11-7-9-16(3)15-11/h5-7,9-10,14H,4,8H2,1-3H3. The smallest absolute Gasteiger partial charge is 0.102 e. The van der Waals surface area contributed by atoms with Gasteiger partial charge in [-0.25, -0.2) is 0 Å². The number of aryl methyl sites for hydroxylation is 1. The predicted octanol–water partition coefficient (Wildman–Crippen LogP) is 3.21. The Kier molecular flexibility index (Phi) is 3.97. The van der Waals surface area contributed by atoms with E-state index in [4.69, 9.17) is 0 Å². The fourth-order valence-electron chi connectivity index (χ4n) is 1.73. The van der Waals surface area contributed by atoms with Gasteiger partial charge in [-0.05, 0) is 38.1 Å². The summed E-state index contributed by atoms with van der Waals surface area (Å²) in [5, 5.41) is 7.93. The first-order valence-electron chi connectivity index (χ1n) is 6.04. The normalized spacial score (nSPS) is 12.9. The molecule has 0 spiro atoms. The maximum absolute atomic E-state index is 4.42. The molecule has 0 aliphatic heterocycles. The van der Waals surface area contributed by atoms with Gasteiger partial charge in [-0.3, -0.25) is 4.68 Å². The minimum absolute atomic E-state index is 0.428. The third-order valence-electron chi connectivity index (χ3n) is 2.72. The Hall–Kier alpha value is -1.13. The average Bonchev–Trinajstić information content (AvgIpc) is 2.93. The molecule has 1 unspecified atom stereocenters. The summed E-state index contributed by atoms with van der Waals surface area (Å²) in [6, 6.07) is 6.84. The van der Waals surface area contributed by atoms with Crippen molar-refractivity contribution in [2.45, 2.75) is 26.3 Å². The van der Waals surface area contributed by atoms with Crippen molar-refractivity contribution in [3.05, 3.63) is 29.3 Å². The predicted molar refractivity (Wildman–Crippen MR) is 73.2 cm³/mol. The molecular weight excluding hydrogens is 230 g/mol. The molecule has 92 valence electrons. The molecule has 0 saturated carbocycles. The summed E-state index contributed by atoms with van der Waals surface area (Å²) in [5.41, 5.74) is 1.06. The second-order valence-electron chi connectivity index (χ2n) is 4.25. The highest BCUT2D eigenvalue weighted by Crippen LogP contribution is 2.30. The van der Waals surface area contributed by atoms with Crippen LogP contribution in [-0.2, 0) is 7.05 Å². The van der Waals surface area contributed by atoms with Gasteiger partial charge < -0.3 is 5.32 Å².